The molecular formula is C32H45ClN6O3. The fourth-order valence-electron chi connectivity index (χ4n) is 4.91. The minimum Gasteiger partial charge on any atom is -0.444 e. The van der Waals surface area contributed by atoms with Crippen molar-refractivity contribution >= 4 is 29.2 Å². The second-order valence-electron chi connectivity index (χ2n) is 11.1. The predicted molar refractivity (Wildman–Crippen MR) is 169 cm³/mol. The first-order valence-electron chi connectivity index (χ1n) is 14.6. The zero-order valence-electron chi connectivity index (χ0n) is 25.8. The van der Waals surface area contributed by atoms with Crippen molar-refractivity contribution in [1.29, 1.82) is 0 Å². The Balaban J connectivity index is 0.000000272. The van der Waals surface area contributed by atoms with Gasteiger partial charge >= 0.3 is 6.09 Å². The number of carbonyl (C=O) groups excluding carboxylic acids is 2. The van der Waals surface area contributed by atoms with Crippen LogP contribution in [0.25, 0.3) is 5.57 Å². The summed E-state index contributed by atoms with van der Waals surface area (Å²) in [6.07, 6.45) is 12.4. The Labute approximate surface area is 255 Å². The van der Waals surface area contributed by atoms with Crippen molar-refractivity contribution in [3.8, 4) is 0 Å². The van der Waals surface area contributed by atoms with E-state index in [9.17, 15) is 9.59 Å². The molecule has 2 aliphatic heterocycles. The van der Waals surface area contributed by atoms with Crippen molar-refractivity contribution in [1.82, 2.24) is 30.4 Å². The van der Waals surface area contributed by atoms with Crippen LogP contribution in [-0.4, -0.2) is 64.3 Å². The number of fused-ring (bicyclic) bond motifs is 2. The maximum atomic E-state index is 12.0. The lowest BCUT2D eigenvalue weighted by Crippen LogP contribution is -2.48. The maximum absolute atomic E-state index is 12.0. The minimum atomic E-state index is -0.387. The molecule has 10 heteroatoms. The van der Waals surface area contributed by atoms with Crippen LogP contribution in [0.1, 0.15) is 64.4 Å². The molecule has 5 rings (SSSR count). The fourth-order valence-corrected chi connectivity index (χ4v) is 5.09. The van der Waals surface area contributed by atoms with Crippen LogP contribution >= 0.6 is 11.6 Å². The number of dihydropyridines is 1. The summed E-state index contributed by atoms with van der Waals surface area (Å²) < 4.78 is 7.17. The van der Waals surface area contributed by atoms with E-state index in [1.807, 2.05) is 70.6 Å². The number of nitrogens with zero attached hydrogens (tertiary/aromatic N) is 3. The molecule has 42 heavy (non-hydrogen) atoms. The Morgan fingerprint density at radius 2 is 1.90 bits per heavy atom. The summed E-state index contributed by atoms with van der Waals surface area (Å²) in [5.41, 5.74) is 4.97. The summed E-state index contributed by atoms with van der Waals surface area (Å²) in [5.74, 6) is -0.0953. The van der Waals surface area contributed by atoms with Gasteiger partial charge in [-0.15, -0.1) is 0 Å². The molecule has 2 amide bonds. The van der Waals surface area contributed by atoms with Crippen molar-refractivity contribution in [2.45, 2.75) is 65.6 Å². The van der Waals surface area contributed by atoms with E-state index < -0.39 is 0 Å². The van der Waals surface area contributed by atoms with Crippen molar-refractivity contribution in [3.63, 3.8) is 0 Å². The number of benzene rings is 1. The van der Waals surface area contributed by atoms with E-state index in [-0.39, 0.29) is 29.7 Å². The number of ether oxygens (including phenoxy) is 1. The molecule has 1 aromatic heterocycles. The van der Waals surface area contributed by atoms with Crippen LogP contribution in [-0.2, 0) is 23.0 Å². The molecular weight excluding hydrogens is 552 g/mol. The SMILES string of the molecule is CC.CC(=O)NC(C1=CC2=CC=CNC2Cc2ccc(Cl)cc21)c1cncn1C.CC(C)(C)OC(=O)N1CCNCC1. The van der Waals surface area contributed by atoms with Crippen LogP contribution in [0.5, 0.6) is 0 Å². The van der Waals surface area contributed by atoms with Gasteiger partial charge in [0, 0.05) is 45.2 Å². The molecule has 0 bridgehead atoms. The van der Waals surface area contributed by atoms with E-state index in [2.05, 4.69) is 39.2 Å². The summed E-state index contributed by atoms with van der Waals surface area (Å²) in [5, 5.41) is 10.4. The monoisotopic (exact) mass is 596 g/mol. The second-order valence-corrected chi connectivity index (χ2v) is 11.6. The average molecular weight is 597 g/mol. The largest absolute Gasteiger partial charge is 0.444 e. The van der Waals surface area contributed by atoms with Gasteiger partial charge in [-0.05, 0) is 73.9 Å². The van der Waals surface area contributed by atoms with Crippen molar-refractivity contribution in [3.05, 3.63) is 82.6 Å². The number of imidazole rings is 1. The van der Waals surface area contributed by atoms with E-state index in [1.165, 1.54) is 18.1 Å². The normalized spacial score (nSPS) is 18.1. The number of carbonyl (C=O) groups is 2. The van der Waals surface area contributed by atoms with Gasteiger partial charge in [-0.3, -0.25) is 4.79 Å². The Morgan fingerprint density at radius 3 is 2.52 bits per heavy atom. The molecule has 1 aliphatic carbocycles. The lowest BCUT2D eigenvalue weighted by molar-refractivity contribution is -0.119. The Kier molecular flexibility index (Phi) is 11.8. The molecule has 3 aliphatic rings. The summed E-state index contributed by atoms with van der Waals surface area (Å²) in [6, 6.07) is 5.85. The molecule has 0 radical (unpaired) electrons. The van der Waals surface area contributed by atoms with Crippen molar-refractivity contribution in [2.75, 3.05) is 26.2 Å². The number of hydrogen-bond acceptors (Lipinski definition) is 6. The summed E-state index contributed by atoms with van der Waals surface area (Å²) in [6.45, 7) is 14.4. The van der Waals surface area contributed by atoms with Crippen LogP contribution in [0.4, 0.5) is 4.79 Å². The van der Waals surface area contributed by atoms with E-state index in [0.29, 0.717) is 5.02 Å². The third-order valence-electron chi connectivity index (χ3n) is 6.79. The van der Waals surface area contributed by atoms with Gasteiger partial charge in [0.1, 0.15) is 5.60 Å². The number of nitrogens with one attached hydrogen (secondary N) is 3. The number of aryl methyl sites for hydroxylation is 1. The zero-order chi connectivity index (χ0) is 30.9. The average Bonchev–Trinajstić information content (AvgIpc) is 3.31. The molecule has 228 valence electrons. The molecule has 2 atom stereocenters. The van der Waals surface area contributed by atoms with Gasteiger partial charge in [0.05, 0.1) is 30.3 Å². The third kappa shape index (κ3) is 8.97. The molecule has 1 aromatic carbocycles. The summed E-state index contributed by atoms with van der Waals surface area (Å²) in [7, 11) is 1.93. The zero-order valence-corrected chi connectivity index (χ0v) is 26.6. The third-order valence-corrected chi connectivity index (χ3v) is 7.03. The summed E-state index contributed by atoms with van der Waals surface area (Å²) in [4.78, 5) is 29.5. The number of rotatable bonds is 3. The molecule has 0 saturated carbocycles. The quantitative estimate of drug-likeness (QED) is 0.453. The van der Waals surface area contributed by atoms with E-state index in [1.54, 1.807) is 17.4 Å². The second kappa shape index (κ2) is 15.1. The number of piperazine rings is 1. The van der Waals surface area contributed by atoms with Gasteiger partial charge in [0.2, 0.25) is 5.91 Å². The minimum absolute atomic E-state index is 0.0953. The first kappa shape index (κ1) is 32.9. The highest BCUT2D eigenvalue weighted by atomic mass is 35.5. The highest BCUT2D eigenvalue weighted by Gasteiger charge is 2.29. The number of hydrogen-bond donors (Lipinski definition) is 3. The van der Waals surface area contributed by atoms with Gasteiger partial charge in [-0.1, -0.05) is 43.7 Å². The van der Waals surface area contributed by atoms with E-state index in [0.717, 1.165) is 49.4 Å². The summed E-state index contributed by atoms with van der Waals surface area (Å²) >= 11 is 6.34. The van der Waals surface area contributed by atoms with Crippen molar-refractivity contribution < 1.29 is 14.3 Å². The first-order valence-corrected chi connectivity index (χ1v) is 14.9. The molecule has 9 nitrogen and oxygen atoms in total. The van der Waals surface area contributed by atoms with Crippen LogP contribution < -0.4 is 16.0 Å². The molecule has 0 spiro atoms. The molecule has 1 fully saturated rings. The van der Waals surface area contributed by atoms with Crippen LogP contribution in [0.2, 0.25) is 5.02 Å². The van der Waals surface area contributed by atoms with Crippen LogP contribution in [0.3, 0.4) is 0 Å². The number of amides is 2. The van der Waals surface area contributed by atoms with Gasteiger partial charge < -0.3 is 30.2 Å². The van der Waals surface area contributed by atoms with Gasteiger partial charge in [0.15, 0.2) is 0 Å². The standard InChI is InChI=1S/C21H21ClN4O.C9H18N2O2.C2H6/c1-13(27)25-21(20-11-23-12-26(20)2)18-8-15-4-3-7-24-19(15)9-14-5-6-16(22)10-17(14)18;1-9(2,3)13-8(12)11-6-4-10-5-7-11;1-2/h3-8,10-12,19,21,24H,9H2,1-2H3,(H,25,27);10H,4-7H2,1-3H3;1-2H3. The van der Waals surface area contributed by atoms with Gasteiger partial charge in [-0.2, -0.15) is 0 Å². The highest BCUT2D eigenvalue weighted by molar-refractivity contribution is 6.30. The smallest absolute Gasteiger partial charge is 0.410 e. The lowest BCUT2D eigenvalue weighted by Gasteiger charge is -2.30. The lowest BCUT2D eigenvalue weighted by atomic mass is 9.92. The fraction of sp³-hybridized carbons (Fsp3) is 0.469. The molecule has 2 aromatic rings. The van der Waals surface area contributed by atoms with Crippen LogP contribution in [0.15, 0.2) is 60.7 Å². The van der Waals surface area contributed by atoms with Crippen molar-refractivity contribution in [2.24, 2.45) is 7.05 Å². The van der Waals surface area contributed by atoms with E-state index >= 15 is 0 Å². The number of halogens is 1. The maximum Gasteiger partial charge on any atom is 0.410 e. The van der Waals surface area contributed by atoms with E-state index in [4.69, 9.17) is 16.3 Å². The van der Waals surface area contributed by atoms with Gasteiger partial charge in [0.25, 0.3) is 0 Å². The molecule has 1 saturated heterocycles. The number of allylic oxidation sites excluding steroid dienone is 2. The van der Waals surface area contributed by atoms with Crippen LogP contribution in [0, 0.1) is 0 Å². The Hall–Kier alpha value is -3.56. The molecule has 3 N–H and O–H groups in total. The predicted octanol–water partition coefficient (Wildman–Crippen LogP) is 5.16. The Bertz CT molecular complexity index is 1320. The first-order chi connectivity index (χ1) is 20.0. The number of aromatic nitrogens is 2. The molecule has 2 unspecified atom stereocenters. The highest BCUT2D eigenvalue weighted by Crippen LogP contribution is 2.38. The molecule has 3 heterocycles. The Morgan fingerprint density at radius 1 is 1.19 bits per heavy atom. The topological polar surface area (TPSA) is 101 Å². The van der Waals surface area contributed by atoms with Gasteiger partial charge in [-0.25, -0.2) is 9.78 Å².